The van der Waals surface area contributed by atoms with E-state index < -0.39 is 0 Å². The van der Waals surface area contributed by atoms with Crippen LogP contribution in [0.4, 0.5) is 5.82 Å². The number of halogens is 1. The van der Waals surface area contributed by atoms with Crippen molar-refractivity contribution in [3.05, 3.63) is 51.1 Å². The molecule has 26 heavy (non-hydrogen) atoms. The summed E-state index contributed by atoms with van der Waals surface area (Å²) in [6, 6.07) is 8.36. The van der Waals surface area contributed by atoms with Crippen molar-refractivity contribution >= 4 is 39.0 Å². The maximum absolute atomic E-state index is 6.46. The molecule has 2 aromatic heterocycles. The van der Waals surface area contributed by atoms with Crippen LogP contribution in [-0.4, -0.2) is 30.6 Å². The van der Waals surface area contributed by atoms with Gasteiger partial charge in [0.1, 0.15) is 22.5 Å². The monoisotopic (exact) mass is 387 g/mol. The summed E-state index contributed by atoms with van der Waals surface area (Å²) in [5.41, 5.74) is 2.62. The molecular weight excluding hydrogens is 364 g/mol. The van der Waals surface area contributed by atoms with Crippen LogP contribution >= 0.6 is 22.9 Å². The molecule has 1 atom stereocenters. The minimum Gasteiger partial charge on any atom is -0.363 e. The zero-order chi connectivity index (χ0) is 18.3. The fourth-order valence-electron chi connectivity index (χ4n) is 3.81. The van der Waals surface area contributed by atoms with Crippen LogP contribution < -0.4 is 10.2 Å². The Morgan fingerprint density at radius 2 is 2.04 bits per heavy atom. The van der Waals surface area contributed by atoms with Crippen LogP contribution in [0.25, 0.3) is 10.2 Å². The van der Waals surface area contributed by atoms with Crippen LogP contribution in [0.1, 0.15) is 34.3 Å². The number of quaternary nitrogens is 1. The highest BCUT2D eigenvalue weighted by molar-refractivity contribution is 7.19. The molecule has 0 spiro atoms. The number of aromatic nitrogens is 2. The first-order valence-corrected chi connectivity index (χ1v) is 10.3. The molecule has 0 radical (unpaired) electrons. The molecule has 0 saturated carbocycles. The minimum atomic E-state index is 0.251. The number of rotatable bonds is 5. The fraction of sp³-hybridized carbons (Fsp3) is 0.400. The Morgan fingerprint density at radius 1 is 1.23 bits per heavy atom. The Kier molecular flexibility index (Phi) is 4.86. The van der Waals surface area contributed by atoms with E-state index in [0.29, 0.717) is 0 Å². The maximum Gasteiger partial charge on any atom is 0.139 e. The lowest BCUT2D eigenvalue weighted by atomic mass is 10.1. The van der Waals surface area contributed by atoms with Crippen LogP contribution in [0.2, 0.25) is 5.02 Å². The second kappa shape index (κ2) is 7.14. The summed E-state index contributed by atoms with van der Waals surface area (Å²) in [6.07, 6.45) is 3.57. The molecule has 0 aliphatic heterocycles. The molecular formula is C20H24ClN4S+. The van der Waals surface area contributed by atoms with Crippen LogP contribution in [0.5, 0.6) is 0 Å². The number of hydrogen-bond acceptors (Lipinski definition) is 4. The Balaban J connectivity index is 1.67. The van der Waals surface area contributed by atoms with Gasteiger partial charge in [0.25, 0.3) is 0 Å². The quantitative estimate of drug-likeness (QED) is 0.704. The number of aryl methyl sites for hydroxylation is 3. The number of benzene rings is 1. The third kappa shape index (κ3) is 3.20. The van der Waals surface area contributed by atoms with Crippen molar-refractivity contribution in [1.29, 1.82) is 0 Å². The minimum absolute atomic E-state index is 0.251. The molecule has 4 rings (SSSR count). The van der Waals surface area contributed by atoms with E-state index in [2.05, 4.69) is 36.5 Å². The summed E-state index contributed by atoms with van der Waals surface area (Å²) in [7, 11) is 4.33. The molecule has 0 amide bonds. The van der Waals surface area contributed by atoms with Gasteiger partial charge in [-0.15, -0.1) is 11.3 Å². The van der Waals surface area contributed by atoms with Crippen LogP contribution in [0.3, 0.4) is 0 Å². The van der Waals surface area contributed by atoms with E-state index in [1.165, 1.54) is 39.1 Å². The average molecular weight is 388 g/mol. The highest BCUT2D eigenvalue weighted by Crippen LogP contribution is 2.39. The van der Waals surface area contributed by atoms with E-state index in [1.807, 2.05) is 30.4 Å². The van der Waals surface area contributed by atoms with E-state index in [0.717, 1.165) is 34.5 Å². The van der Waals surface area contributed by atoms with Crippen molar-refractivity contribution in [2.45, 2.75) is 32.2 Å². The van der Waals surface area contributed by atoms with E-state index in [9.17, 15) is 0 Å². The normalized spacial score (nSPS) is 14.8. The molecule has 2 N–H and O–H groups in total. The highest BCUT2D eigenvalue weighted by atomic mass is 35.5. The number of likely N-dealkylation sites (N-methyl/N-ethyl adjacent to an activating group) is 1. The lowest BCUT2D eigenvalue weighted by molar-refractivity contribution is -0.890. The molecule has 0 fully saturated rings. The molecule has 1 aliphatic rings. The Morgan fingerprint density at radius 3 is 2.81 bits per heavy atom. The predicted molar refractivity (Wildman–Crippen MR) is 110 cm³/mol. The van der Waals surface area contributed by atoms with Gasteiger partial charge in [0, 0.05) is 15.5 Å². The summed E-state index contributed by atoms with van der Waals surface area (Å²) in [5.74, 6) is 1.80. The topological polar surface area (TPSA) is 42.2 Å². The third-order valence-corrected chi connectivity index (χ3v) is 6.66. The molecule has 6 heteroatoms. The van der Waals surface area contributed by atoms with Gasteiger partial charge in [0.15, 0.2) is 0 Å². The van der Waals surface area contributed by atoms with Crippen molar-refractivity contribution in [2.24, 2.45) is 0 Å². The number of hydrogen-bond donors (Lipinski definition) is 2. The van der Waals surface area contributed by atoms with Gasteiger partial charge in [0.05, 0.1) is 26.0 Å². The first-order valence-electron chi connectivity index (χ1n) is 9.12. The van der Waals surface area contributed by atoms with E-state index >= 15 is 0 Å². The van der Waals surface area contributed by atoms with Gasteiger partial charge in [-0.05, 0) is 37.8 Å². The predicted octanol–water partition coefficient (Wildman–Crippen LogP) is 3.44. The summed E-state index contributed by atoms with van der Waals surface area (Å²) in [5, 5.41) is 5.68. The van der Waals surface area contributed by atoms with Crippen molar-refractivity contribution in [2.75, 3.05) is 26.0 Å². The number of nitrogens with zero attached hydrogens (tertiary/aromatic N) is 2. The lowest BCUT2D eigenvalue weighted by Gasteiger charge is -2.23. The Bertz CT molecular complexity index is 950. The average Bonchev–Trinajstić information content (AvgIpc) is 3.16. The van der Waals surface area contributed by atoms with Gasteiger partial charge >= 0.3 is 0 Å². The third-order valence-electron chi connectivity index (χ3n) is 5.13. The lowest BCUT2D eigenvalue weighted by Crippen LogP contribution is -3.06. The molecule has 2 heterocycles. The van der Waals surface area contributed by atoms with Crippen molar-refractivity contribution in [3.63, 3.8) is 0 Å². The van der Waals surface area contributed by atoms with Gasteiger partial charge in [-0.2, -0.15) is 0 Å². The zero-order valence-electron chi connectivity index (χ0n) is 15.4. The van der Waals surface area contributed by atoms with E-state index in [-0.39, 0.29) is 6.04 Å². The summed E-state index contributed by atoms with van der Waals surface area (Å²) in [6.45, 7) is 2.75. The van der Waals surface area contributed by atoms with Gasteiger partial charge in [0.2, 0.25) is 0 Å². The number of thiophene rings is 1. The fourth-order valence-corrected chi connectivity index (χ4v) is 5.39. The summed E-state index contributed by atoms with van der Waals surface area (Å²) >= 11 is 8.30. The number of anilines is 1. The maximum atomic E-state index is 6.46. The first kappa shape index (κ1) is 17.7. The zero-order valence-corrected chi connectivity index (χ0v) is 17.0. The van der Waals surface area contributed by atoms with E-state index in [1.54, 1.807) is 0 Å². The second-order valence-electron chi connectivity index (χ2n) is 7.19. The Hall–Kier alpha value is -1.69. The number of fused-ring (bicyclic) bond motifs is 3. The highest BCUT2D eigenvalue weighted by Gasteiger charge is 2.24. The smallest absolute Gasteiger partial charge is 0.139 e. The van der Waals surface area contributed by atoms with Gasteiger partial charge in [-0.1, -0.05) is 29.8 Å². The van der Waals surface area contributed by atoms with Crippen LogP contribution in [-0.2, 0) is 12.8 Å². The molecule has 1 aliphatic carbocycles. The standard InChI is InChI=1S/C20H23ClN4S/c1-12-23-19(18-14-8-6-10-17(14)26-20(18)24-12)22-11-16(25(2)3)13-7-4-5-9-15(13)21/h4-5,7,9,16H,6,8,10-11H2,1-3H3,(H,22,23,24)/p+1/t16-/m0/s1. The summed E-state index contributed by atoms with van der Waals surface area (Å²) in [4.78, 5) is 13.4. The molecule has 0 bridgehead atoms. The largest absolute Gasteiger partial charge is 0.363 e. The van der Waals surface area contributed by atoms with Gasteiger partial charge in [-0.25, -0.2) is 9.97 Å². The summed E-state index contributed by atoms with van der Waals surface area (Å²) < 4.78 is 0. The van der Waals surface area contributed by atoms with Gasteiger partial charge in [-0.3, -0.25) is 0 Å². The molecule has 4 nitrogen and oxygen atoms in total. The second-order valence-corrected chi connectivity index (χ2v) is 8.68. The van der Waals surface area contributed by atoms with E-state index in [4.69, 9.17) is 16.6 Å². The Labute approximate surface area is 163 Å². The SMILES string of the molecule is Cc1nc(NC[C@@H](c2ccccc2Cl)[NH+](C)C)c2c3c(sc2n1)CCC3. The van der Waals surface area contributed by atoms with Crippen molar-refractivity contribution in [3.8, 4) is 0 Å². The number of nitrogens with one attached hydrogen (secondary N) is 2. The molecule has 1 aromatic carbocycles. The molecule has 0 saturated heterocycles. The van der Waals surface area contributed by atoms with Crippen molar-refractivity contribution < 1.29 is 4.90 Å². The van der Waals surface area contributed by atoms with Crippen LogP contribution in [0, 0.1) is 6.92 Å². The molecule has 136 valence electrons. The van der Waals surface area contributed by atoms with Crippen LogP contribution in [0.15, 0.2) is 24.3 Å². The van der Waals surface area contributed by atoms with Crippen molar-refractivity contribution in [1.82, 2.24) is 9.97 Å². The van der Waals surface area contributed by atoms with Gasteiger partial charge < -0.3 is 10.2 Å². The molecule has 3 aromatic rings. The first-order chi connectivity index (χ1) is 12.5. The molecule has 0 unspecified atom stereocenters.